The third kappa shape index (κ3) is 4.28. The Morgan fingerprint density at radius 3 is 2.57 bits per heavy atom. The molecule has 1 aromatic heterocycles. The lowest BCUT2D eigenvalue weighted by Crippen LogP contribution is -2.52. The topological polar surface area (TPSA) is 98.3 Å². The number of piperazine rings is 1. The van der Waals surface area contributed by atoms with Gasteiger partial charge in [0.1, 0.15) is 11.8 Å². The Morgan fingerprint density at radius 2 is 1.90 bits per heavy atom. The fraction of sp³-hybridized carbons (Fsp3) is 0.524. The quantitative estimate of drug-likeness (QED) is 0.718. The van der Waals surface area contributed by atoms with Gasteiger partial charge in [-0.3, -0.25) is 19.4 Å². The molecule has 4 rings (SSSR count). The maximum absolute atomic E-state index is 12.5. The minimum atomic E-state index is -0.878. The van der Waals surface area contributed by atoms with Gasteiger partial charge in [-0.2, -0.15) is 0 Å². The van der Waals surface area contributed by atoms with Gasteiger partial charge in [0.25, 0.3) is 0 Å². The molecule has 0 saturated carbocycles. The predicted molar refractivity (Wildman–Crippen MR) is 111 cm³/mol. The lowest BCUT2D eigenvalue weighted by Gasteiger charge is -2.38. The van der Waals surface area contributed by atoms with Gasteiger partial charge in [0.15, 0.2) is 0 Å². The summed E-state index contributed by atoms with van der Waals surface area (Å²) < 4.78 is 10.6. The number of aliphatic carboxylic acids is 1. The van der Waals surface area contributed by atoms with Crippen LogP contribution in [0.25, 0.3) is 10.9 Å². The fourth-order valence-corrected chi connectivity index (χ4v) is 4.24. The van der Waals surface area contributed by atoms with Crippen LogP contribution in [0.4, 0.5) is 0 Å². The normalized spacial score (nSPS) is 19.7. The number of aromatic nitrogens is 1. The first-order chi connectivity index (χ1) is 14.6. The lowest BCUT2D eigenvalue weighted by molar-refractivity contribution is -0.145. The number of benzene rings is 1. The highest BCUT2D eigenvalue weighted by atomic mass is 16.5. The van der Waals surface area contributed by atoms with E-state index in [-0.39, 0.29) is 5.91 Å². The molecular formula is C21H28N4O5. The van der Waals surface area contributed by atoms with Crippen LogP contribution in [0.5, 0.6) is 5.75 Å². The van der Waals surface area contributed by atoms with E-state index in [9.17, 15) is 14.7 Å². The summed E-state index contributed by atoms with van der Waals surface area (Å²) in [6.07, 6.45) is 1.78. The van der Waals surface area contributed by atoms with Gasteiger partial charge in [0, 0.05) is 61.9 Å². The largest absolute Gasteiger partial charge is 0.497 e. The van der Waals surface area contributed by atoms with E-state index >= 15 is 0 Å². The van der Waals surface area contributed by atoms with Crippen molar-refractivity contribution in [3.63, 3.8) is 0 Å². The molecule has 0 bridgehead atoms. The smallest absolute Gasteiger partial charge is 0.325 e. The molecule has 3 heterocycles. The van der Waals surface area contributed by atoms with Gasteiger partial charge < -0.3 is 24.5 Å². The van der Waals surface area contributed by atoms with Crippen LogP contribution >= 0.6 is 0 Å². The molecular weight excluding hydrogens is 388 g/mol. The zero-order chi connectivity index (χ0) is 21.1. The minimum absolute atomic E-state index is 0.116. The molecule has 2 saturated heterocycles. The molecule has 2 aliphatic rings. The van der Waals surface area contributed by atoms with Crippen molar-refractivity contribution in [2.45, 2.75) is 6.04 Å². The standard InChI is InChI=1S/C21H28N4O5/c1-29-15-2-3-18-16(12-15)17(13-22-18)20(21(27)28)25-6-4-23(5-7-25)14-19(26)24-8-10-30-11-9-24/h2-3,12-13,20,22H,4-11,14H2,1H3,(H,27,28)/t20-/m0/s1. The van der Waals surface area contributed by atoms with Crippen molar-refractivity contribution in [1.82, 2.24) is 19.7 Å². The predicted octanol–water partition coefficient (Wildman–Crippen LogP) is 0.779. The van der Waals surface area contributed by atoms with Crippen molar-refractivity contribution in [2.24, 2.45) is 0 Å². The van der Waals surface area contributed by atoms with E-state index < -0.39 is 12.0 Å². The number of hydrogen-bond acceptors (Lipinski definition) is 6. The number of hydrogen-bond donors (Lipinski definition) is 2. The summed E-state index contributed by atoms with van der Waals surface area (Å²) in [6, 6.07) is 4.87. The number of morpholine rings is 1. The summed E-state index contributed by atoms with van der Waals surface area (Å²) in [5.41, 5.74) is 1.61. The summed E-state index contributed by atoms with van der Waals surface area (Å²) in [4.78, 5) is 33.8. The molecule has 162 valence electrons. The van der Waals surface area contributed by atoms with Gasteiger partial charge in [-0.05, 0) is 18.2 Å². The molecule has 30 heavy (non-hydrogen) atoms. The number of nitrogens with zero attached hydrogens (tertiary/aromatic N) is 3. The van der Waals surface area contributed by atoms with Gasteiger partial charge in [-0.1, -0.05) is 0 Å². The zero-order valence-electron chi connectivity index (χ0n) is 17.2. The number of ether oxygens (including phenoxy) is 2. The summed E-state index contributed by atoms with van der Waals surface area (Å²) in [6.45, 7) is 5.33. The first-order valence-corrected chi connectivity index (χ1v) is 10.3. The number of H-pyrrole nitrogens is 1. The fourth-order valence-electron chi connectivity index (χ4n) is 4.24. The van der Waals surface area contributed by atoms with E-state index in [0.29, 0.717) is 64.8 Å². The number of carboxylic acids is 1. The molecule has 0 radical (unpaired) electrons. The van der Waals surface area contributed by atoms with E-state index in [4.69, 9.17) is 9.47 Å². The molecule has 0 spiro atoms. The number of carbonyl (C=O) groups is 2. The Kier molecular flexibility index (Phi) is 6.21. The van der Waals surface area contributed by atoms with Crippen molar-refractivity contribution in [3.8, 4) is 5.75 Å². The van der Waals surface area contributed by atoms with Crippen LogP contribution in [0.3, 0.4) is 0 Å². The second-order valence-electron chi connectivity index (χ2n) is 7.70. The number of nitrogens with one attached hydrogen (secondary N) is 1. The monoisotopic (exact) mass is 416 g/mol. The molecule has 1 atom stereocenters. The third-order valence-corrected chi connectivity index (χ3v) is 5.94. The summed E-state index contributed by atoms with van der Waals surface area (Å²) >= 11 is 0. The van der Waals surface area contributed by atoms with Crippen LogP contribution in [0.1, 0.15) is 11.6 Å². The Balaban J connectivity index is 1.43. The van der Waals surface area contributed by atoms with Crippen LogP contribution in [-0.4, -0.2) is 103 Å². The first-order valence-electron chi connectivity index (χ1n) is 10.3. The van der Waals surface area contributed by atoms with Gasteiger partial charge >= 0.3 is 5.97 Å². The Hall–Kier alpha value is -2.62. The number of carbonyl (C=O) groups excluding carboxylic acids is 1. The Morgan fingerprint density at radius 1 is 1.17 bits per heavy atom. The average Bonchev–Trinajstić information content (AvgIpc) is 3.18. The van der Waals surface area contributed by atoms with Crippen molar-refractivity contribution in [1.29, 1.82) is 0 Å². The first kappa shape index (κ1) is 20.6. The Bertz CT molecular complexity index is 900. The average molecular weight is 416 g/mol. The highest BCUT2D eigenvalue weighted by Crippen LogP contribution is 2.31. The zero-order valence-corrected chi connectivity index (χ0v) is 17.2. The number of amides is 1. The maximum atomic E-state index is 12.5. The minimum Gasteiger partial charge on any atom is -0.497 e. The second-order valence-corrected chi connectivity index (χ2v) is 7.70. The molecule has 2 fully saturated rings. The SMILES string of the molecule is COc1ccc2[nH]cc([C@@H](C(=O)O)N3CCN(CC(=O)N4CCOCC4)CC3)c2c1. The Labute approximate surface area is 175 Å². The van der Waals surface area contributed by atoms with Gasteiger partial charge in [-0.15, -0.1) is 0 Å². The summed E-state index contributed by atoms with van der Waals surface area (Å²) in [7, 11) is 1.60. The number of carboxylic acid groups (broad SMARTS) is 1. The number of methoxy groups -OCH3 is 1. The molecule has 1 amide bonds. The maximum Gasteiger partial charge on any atom is 0.325 e. The third-order valence-electron chi connectivity index (χ3n) is 5.94. The summed E-state index contributed by atoms with van der Waals surface area (Å²) in [5.74, 6) is -0.0687. The van der Waals surface area contributed by atoms with Crippen LogP contribution in [-0.2, 0) is 14.3 Å². The highest BCUT2D eigenvalue weighted by Gasteiger charge is 2.33. The van der Waals surface area contributed by atoms with Crippen LogP contribution in [0.2, 0.25) is 0 Å². The van der Waals surface area contributed by atoms with Crippen molar-refractivity contribution >= 4 is 22.8 Å². The lowest BCUT2D eigenvalue weighted by atomic mass is 10.0. The van der Waals surface area contributed by atoms with E-state index in [0.717, 1.165) is 16.5 Å². The van der Waals surface area contributed by atoms with Crippen molar-refractivity contribution in [2.75, 3.05) is 66.1 Å². The molecule has 2 N–H and O–H groups in total. The van der Waals surface area contributed by atoms with Gasteiger partial charge in [-0.25, -0.2) is 0 Å². The number of aromatic amines is 1. The van der Waals surface area contributed by atoms with Crippen LogP contribution in [0, 0.1) is 0 Å². The molecule has 2 aromatic rings. The highest BCUT2D eigenvalue weighted by molar-refractivity contribution is 5.90. The van der Waals surface area contributed by atoms with Crippen LogP contribution < -0.4 is 4.74 Å². The number of rotatable bonds is 6. The van der Waals surface area contributed by atoms with Crippen molar-refractivity contribution in [3.05, 3.63) is 30.0 Å². The van der Waals surface area contributed by atoms with Crippen molar-refractivity contribution < 1.29 is 24.2 Å². The molecule has 2 aliphatic heterocycles. The van der Waals surface area contributed by atoms with E-state index in [1.807, 2.05) is 28.0 Å². The molecule has 9 heteroatoms. The molecule has 0 aliphatic carbocycles. The second kappa shape index (κ2) is 9.03. The van der Waals surface area contributed by atoms with Crippen LogP contribution in [0.15, 0.2) is 24.4 Å². The number of fused-ring (bicyclic) bond motifs is 1. The molecule has 1 aromatic carbocycles. The van der Waals surface area contributed by atoms with Gasteiger partial charge in [0.2, 0.25) is 5.91 Å². The van der Waals surface area contributed by atoms with Gasteiger partial charge in [0.05, 0.1) is 26.9 Å². The summed E-state index contributed by atoms with van der Waals surface area (Å²) in [5, 5.41) is 10.8. The van der Waals surface area contributed by atoms with E-state index in [1.54, 1.807) is 13.3 Å². The van der Waals surface area contributed by atoms with E-state index in [2.05, 4.69) is 9.88 Å². The van der Waals surface area contributed by atoms with E-state index in [1.165, 1.54) is 0 Å². The molecule has 0 unspecified atom stereocenters. The molecule has 9 nitrogen and oxygen atoms in total.